The Hall–Kier alpha value is -2.37. The summed E-state index contributed by atoms with van der Waals surface area (Å²) in [6.45, 7) is 4.21. The topological polar surface area (TPSA) is 63.9 Å². The number of aromatic nitrogens is 2. The van der Waals surface area contributed by atoms with Crippen molar-refractivity contribution in [2.75, 3.05) is 19.7 Å². The first-order chi connectivity index (χ1) is 9.65. The Balaban J connectivity index is 2.17. The normalized spacial score (nSPS) is 10.5. The maximum absolute atomic E-state index is 12.3. The number of hydrogen-bond donors (Lipinski definition) is 0. The molecule has 0 spiro atoms. The number of amides is 1. The number of ether oxygens (including phenoxy) is 1. The van der Waals surface area contributed by atoms with E-state index in [0.717, 1.165) is 0 Å². The molecular formula is C14H17N3O3. The standard InChI is InChI=1S/C14H17N3O3/c1-3-16(10-13(18)20-4-2)14(19)11-9-17-8-6-5-7-12(17)15-11/h5-9H,3-4,10H2,1-2H3. The highest BCUT2D eigenvalue weighted by molar-refractivity contribution is 5.94. The van der Waals surface area contributed by atoms with Gasteiger partial charge in [0.25, 0.3) is 5.91 Å². The summed E-state index contributed by atoms with van der Waals surface area (Å²) >= 11 is 0. The third-order valence-corrected chi connectivity index (χ3v) is 2.88. The number of imidazole rings is 1. The van der Waals surface area contributed by atoms with Crippen molar-refractivity contribution in [2.24, 2.45) is 0 Å². The van der Waals surface area contributed by atoms with E-state index in [2.05, 4.69) is 4.98 Å². The maximum atomic E-state index is 12.3. The van der Waals surface area contributed by atoms with Crippen LogP contribution in [0.5, 0.6) is 0 Å². The van der Waals surface area contributed by atoms with Crippen molar-refractivity contribution < 1.29 is 14.3 Å². The van der Waals surface area contributed by atoms with E-state index in [1.54, 1.807) is 17.5 Å². The first kappa shape index (κ1) is 14.0. The summed E-state index contributed by atoms with van der Waals surface area (Å²) in [4.78, 5) is 29.5. The van der Waals surface area contributed by atoms with Gasteiger partial charge >= 0.3 is 5.97 Å². The Morgan fingerprint density at radius 3 is 2.80 bits per heavy atom. The van der Waals surface area contributed by atoms with Crippen LogP contribution in [-0.4, -0.2) is 45.9 Å². The van der Waals surface area contributed by atoms with Crippen LogP contribution in [0.15, 0.2) is 30.6 Å². The zero-order chi connectivity index (χ0) is 14.5. The third kappa shape index (κ3) is 2.96. The minimum absolute atomic E-state index is 0.0585. The third-order valence-electron chi connectivity index (χ3n) is 2.88. The number of esters is 1. The molecule has 0 aromatic carbocycles. The zero-order valence-electron chi connectivity index (χ0n) is 11.6. The minimum Gasteiger partial charge on any atom is -0.465 e. The van der Waals surface area contributed by atoms with Crippen molar-refractivity contribution >= 4 is 17.5 Å². The van der Waals surface area contributed by atoms with Gasteiger partial charge in [0.2, 0.25) is 0 Å². The van der Waals surface area contributed by atoms with Gasteiger partial charge in [-0.05, 0) is 26.0 Å². The number of pyridine rings is 1. The highest BCUT2D eigenvalue weighted by Crippen LogP contribution is 2.07. The SMILES string of the molecule is CCOC(=O)CN(CC)C(=O)c1cn2ccccc2n1. The average Bonchev–Trinajstić information content (AvgIpc) is 2.88. The molecule has 0 bridgehead atoms. The summed E-state index contributed by atoms with van der Waals surface area (Å²) in [5, 5.41) is 0. The molecule has 0 unspecified atom stereocenters. The number of likely N-dealkylation sites (N-methyl/N-ethyl adjacent to an activating group) is 1. The molecule has 6 heteroatoms. The number of fused-ring (bicyclic) bond motifs is 1. The van der Waals surface area contributed by atoms with Crippen LogP contribution in [0.1, 0.15) is 24.3 Å². The highest BCUT2D eigenvalue weighted by atomic mass is 16.5. The van der Waals surface area contributed by atoms with Crippen LogP contribution in [-0.2, 0) is 9.53 Å². The van der Waals surface area contributed by atoms with Crippen molar-refractivity contribution in [3.63, 3.8) is 0 Å². The molecule has 106 valence electrons. The Kier molecular flexibility index (Phi) is 4.34. The van der Waals surface area contributed by atoms with Gasteiger partial charge in [0.1, 0.15) is 17.9 Å². The van der Waals surface area contributed by atoms with Crippen molar-refractivity contribution in [1.82, 2.24) is 14.3 Å². The highest BCUT2D eigenvalue weighted by Gasteiger charge is 2.20. The molecule has 1 amide bonds. The molecule has 0 radical (unpaired) electrons. The molecule has 0 fully saturated rings. The molecule has 2 aromatic heterocycles. The summed E-state index contributed by atoms with van der Waals surface area (Å²) in [5.74, 6) is -0.685. The lowest BCUT2D eigenvalue weighted by Crippen LogP contribution is -2.36. The fourth-order valence-electron chi connectivity index (χ4n) is 1.89. The first-order valence-electron chi connectivity index (χ1n) is 6.54. The van der Waals surface area contributed by atoms with E-state index >= 15 is 0 Å². The first-order valence-corrected chi connectivity index (χ1v) is 6.54. The molecular weight excluding hydrogens is 258 g/mol. The van der Waals surface area contributed by atoms with Crippen LogP contribution in [0.2, 0.25) is 0 Å². The second-order valence-electron chi connectivity index (χ2n) is 4.22. The Morgan fingerprint density at radius 1 is 1.35 bits per heavy atom. The van der Waals surface area contributed by atoms with Crippen molar-refractivity contribution in [3.8, 4) is 0 Å². The molecule has 0 atom stereocenters. The summed E-state index contributed by atoms with van der Waals surface area (Å²) in [6, 6.07) is 5.53. The van der Waals surface area contributed by atoms with E-state index in [1.165, 1.54) is 4.90 Å². The average molecular weight is 275 g/mol. The lowest BCUT2D eigenvalue weighted by Gasteiger charge is -2.18. The van der Waals surface area contributed by atoms with Gasteiger partial charge in [0.05, 0.1) is 6.61 Å². The lowest BCUT2D eigenvalue weighted by atomic mass is 10.3. The molecule has 2 heterocycles. The van der Waals surface area contributed by atoms with Crippen LogP contribution in [0, 0.1) is 0 Å². The van der Waals surface area contributed by atoms with E-state index in [9.17, 15) is 9.59 Å². The molecule has 0 saturated heterocycles. The number of hydrogen-bond acceptors (Lipinski definition) is 4. The predicted molar refractivity (Wildman–Crippen MR) is 73.4 cm³/mol. The zero-order valence-corrected chi connectivity index (χ0v) is 11.6. The van der Waals surface area contributed by atoms with Crippen molar-refractivity contribution in [1.29, 1.82) is 0 Å². The van der Waals surface area contributed by atoms with E-state index in [4.69, 9.17) is 4.74 Å². The van der Waals surface area contributed by atoms with E-state index in [0.29, 0.717) is 24.5 Å². The number of rotatable bonds is 5. The predicted octanol–water partition coefficient (Wildman–Crippen LogP) is 1.36. The monoisotopic (exact) mass is 275 g/mol. The van der Waals surface area contributed by atoms with Crippen molar-refractivity contribution in [2.45, 2.75) is 13.8 Å². The van der Waals surface area contributed by atoms with Crippen LogP contribution < -0.4 is 0 Å². The Morgan fingerprint density at radius 2 is 2.15 bits per heavy atom. The molecule has 2 rings (SSSR count). The van der Waals surface area contributed by atoms with Gasteiger partial charge < -0.3 is 14.0 Å². The molecule has 2 aromatic rings. The van der Waals surface area contributed by atoms with Gasteiger partial charge in [-0.15, -0.1) is 0 Å². The van der Waals surface area contributed by atoms with E-state index < -0.39 is 5.97 Å². The van der Waals surface area contributed by atoms with E-state index in [1.807, 2.05) is 31.3 Å². The molecule has 0 aliphatic carbocycles. The summed E-state index contributed by atoms with van der Waals surface area (Å²) in [5.41, 5.74) is 1.02. The second kappa shape index (κ2) is 6.18. The number of carbonyl (C=O) groups excluding carboxylic acids is 2. The summed E-state index contributed by atoms with van der Waals surface area (Å²) in [7, 11) is 0. The van der Waals surface area contributed by atoms with Gasteiger partial charge in [-0.2, -0.15) is 0 Å². The van der Waals surface area contributed by atoms with Gasteiger partial charge in [0.15, 0.2) is 0 Å². The van der Waals surface area contributed by atoms with Gasteiger partial charge in [-0.3, -0.25) is 9.59 Å². The van der Waals surface area contributed by atoms with Crippen LogP contribution >= 0.6 is 0 Å². The molecule has 0 saturated carbocycles. The fraction of sp³-hybridized carbons (Fsp3) is 0.357. The van der Waals surface area contributed by atoms with Gasteiger partial charge in [0, 0.05) is 18.9 Å². The van der Waals surface area contributed by atoms with E-state index in [-0.39, 0.29) is 12.5 Å². The largest absolute Gasteiger partial charge is 0.465 e. The van der Waals surface area contributed by atoms with Gasteiger partial charge in [-0.1, -0.05) is 6.07 Å². The molecule has 20 heavy (non-hydrogen) atoms. The summed E-state index contributed by atoms with van der Waals surface area (Å²) in [6.07, 6.45) is 3.48. The van der Waals surface area contributed by atoms with Gasteiger partial charge in [-0.25, -0.2) is 4.98 Å². The second-order valence-corrected chi connectivity index (χ2v) is 4.22. The Labute approximate surface area is 117 Å². The fourth-order valence-corrected chi connectivity index (χ4v) is 1.89. The van der Waals surface area contributed by atoms with Crippen molar-refractivity contribution in [3.05, 3.63) is 36.3 Å². The minimum atomic E-state index is -0.411. The van der Waals surface area contributed by atoms with Crippen LogP contribution in [0.3, 0.4) is 0 Å². The lowest BCUT2D eigenvalue weighted by molar-refractivity contribution is -0.143. The Bertz CT molecular complexity index is 588. The molecule has 0 aliphatic rings. The smallest absolute Gasteiger partial charge is 0.325 e. The molecule has 6 nitrogen and oxygen atoms in total. The quantitative estimate of drug-likeness (QED) is 0.773. The molecule has 0 aliphatic heterocycles. The number of nitrogens with zero attached hydrogens (tertiary/aromatic N) is 3. The molecule has 0 N–H and O–H groups in total. The maximum Gasteiger partial charge on any atom is 0.325 e. The summed E-state index contributed by atoms with van der Waals surface area (Å²) < 4.78 is 6.63. The van der Waals surface area contributed by atoms with Crippen LogP contribution in [0.25, 0.3) is 5.65 Å². The number of carbonyl (C=O) groups is 2. The van der Waals surface area contributed by atoms with Crippen LogP contribution in [0.4, 0.5) is 0 Å².